The fourth-order valence-electron chi connectivity index (χ4n) is 2.69. The number of aromatic nitrogens is 2. The van der Waals surface area contributed by atoms with Crippen molar-refractivity contribution in [2.45, 2.75) is 6.92 Å². The van der Waals surface area contributed by atoms with Crippen molar-refractivity contribution in [2.24, 2.45) is 0 Å². The summed E-state index contributed by atoms with van der Waals surface area (Å²) >= 11 is 12.7. The Morgan fingerprint density at radius 2 is 2.00 bits per heavy atom. The van der Waals surface area contributed by atoms with E-state index in [0.29, 0.717) is 11.4 Å². The summed E-state index contributed by atoms with van der Waals surface area (Å²) in [6.07, 6.45) is 0. The summed E-state index contributed by atoms with van der Waals surface area (Å²) in [6.45, 7) is 1.70. The number of pyridine rings is 1. The van der Waals surface area contributed by atoms with E-state index in [2.05, 4.69) is 4.98 Å². The average molecular weight is 406 g/mol. The van der Waals surface area contributed by atoms with Gasteiger partial charge in [0.05, 0.1) is 29.6 Å². The average Bonchev–Trinajstić information content (AvgIpc) is 2.94. The smallest absolute Gasteiger partial charge is 0.360 e. The summed E-state index contributed by atoms with van der Waals surface area (Å²) in [7, 11) is 1.54. The first-order valence-electron chi connectivity index (χ1n) is 7.78. The maximum Gasteiger partial charge on any atom is 0.360 e. The van der Waals surface area contributed by atoms with Crippen LogP contribution in [-0.4, -0.2) is 34.3 Å². The molecule has 138 valence electrons. The Kier molecular flexibility index (Phi) is 5.13. The van der Waals surface area contributed by atoms with E-state index in [1.807, 2.05) is 6.07 Å². The quantitative estimate of drug-likeness (QED) is 0.656. The Labute approximate surface area is 164 Å². The number of fused-ring (bicyclic) bond motifs is 1. The van der Waals surface area contributed by atoms with Crippen LogP contribution >= 0.6 is 23.2 Å². The number of rotatable bonds is 4. The summed E-state index contributed by atoms with van der Waals surface area (Å²) in [5.74, 6) is -0.733. The highest BCUT2D eigenvalue weighted by Gasteiger charge is 2.28. The molecule has 3 rings (SSSR count). The second kappa shape index (κ2) is 7.35. The van der Waals surface area contributed by atoms with E-state index in [1.165, 1.54) is 11.7 Å². The third-order valence-electron chi connectivity index (χ3n) is 3.87. The summed E-state index contributed by atoms with van der Waals surface area (Å²) in [6, 6.07) is 8.74. The zero-order valence-corrected chi connectivity index (χ0v) is 15.8. The number of esters is 1. The number of carbonyl (C=O) groups excluding carboxylic acids is 1. The number of ether oxygens (including phenoxy) is 2. The molecule has 0 radical (unpaired) electrons. The van der Waals surface area contributed by atoms with Crippen LogP contribution in [0.5, 0.6) is 11.5 Å². The van der Waals surface area contributed by atoms with Gasteiger partial charge in [-0.1, -0.05) is 23.2 Å². The summed E-state index contributed by atoms with van der Waals surface area (Å²) in [4.78, 5) is 16.0. The van der Waals surface area contributed by atoms with Gasteiger partial charge in [-0.3, -0.25) is 4.57 Å². The van der Waals surface area contributed by atoms with Crippen molar-refractivity contribution in [1.29, 1.82) is 5.26 Å². The Bertz CT molecular complexity index is 1090. The third-order valence-corrected chi connectivity index (χ3v) is 4.69. The molecule has 27 heavy (non-hydrogen) atoms. The van der Waals surface area contributed by atoms with Gasteiger partial charge in [0, 0.05) is 5.69 Å². The lowest BCUT2D eigenvalue weighted by atomic mass is 10.2. The fourth-order valence-corrected chi connectivity index (χ4v) is 3.23. The van der Waals surface area contributed by atoms with Crippen molar-refractivity contribution in [2.75, 3.05) is 13.7 Å². The molecule has 0 saturated carbocycles. The predicted octanol–water partition coefficient (Wildman–Crippen LogP) is 4.09. The topological polar surface area (TPSA) is 97.4 Å². The van der Waals surface area contributed by atoms with Gasteiger partial charge in [0.15, 0.2) is 17.1 Å². The number of hydrogen-bond donors (Lipinski definition) is 1. The molecule has 1 N–H and O–H groups in total. The van der Waals surface area contributed by atoms with Crippen molar-refractivity contribution in [3.8, 4) is 23.3 Å². The molecule has 0 amide bonds. The summed E-state index contributed by atoms with van der Waals surface area (Å²) in [5, 5.41) is 20.2. The molecule has 0 atom stereocenters. The maximum atomic E-state index is 12.1. The zero-order chi connectivity index (χ0) is 19.7. The number of hydrogen-bond acceptors (Lipinski definition) is 6. The Morgan fingerprint density at radius 3 is 2.56 bits per heavy atom. The predicted molar refractivity (Wildman–Crippen MR) is 100.0 cm³/mol. The van der Waals surface area contributed by atoms with Gasteiger partial charge < -0.3 is 14.6 Å². The molecule has 0 aliphatic rings. The van der Waals surface area contributed by atoms with E-state index in [1.54, 1.807) is 31.2 Å². The molecule has 7 nitrogen and oxygen atoms in total. The molecule has 3 aromatic rings. The second-order valence-corrected chi connectivity index (χ2v) is 6.09. The van der Waals surface area contributed by atoms with E-state index in [9.17, 15) is 15.2 Å². The highest BCUT2D eigenvalue weighted by Crippen LogP contribution is 2.43. The maximum absolute atomic E-state index is 12.1. The molecule has 0 spiro atoms. The first-order valence-corrected chi connectivity index (χ1v) is 8.54. The van der Waals surface area contributed by atoms with Gasteiger partial charge in [0.1, 0.15) is 17.0 Å². The number of halogens is 2. The van der Waals surface area contributed by atoms with E-state index >= 15 is 0 Å². The SMILES string of the molecule is CCOC(=O)c1nc(C#N)c2c(c1O)c(Cl)c(Cl)n2-c1ccc(OC)cc1. The highest BCUT2D eigenvalue weighted by atomic mass is 35.5. The van der Waals surface area contributed by atoms with Crippen LogP contribution in [-0.2, 0) is 4.74 Å². The van der Waals surface area contributed by atoms with Gasteiger partial charge >= 0.3 is 5.97 Å². The normalized spacial score (nSPS) is 10.6. The van der Waals surface area contributed by atoms with Gasteiger partial charge in [0.2, 0.25) is 0 Å². The number of nitriles is 1. The Balaban J connectivity index is 2.37. The van der Waals surface area contributed by atoms with Crippen LogP contribution in [0.4, 0.5) is 0 Å². The molecule has 0 bridgehead atoms. The van der Waals surface area contributed by atoms with Crippen LogP contribution in [0.1, 0.15) is 23.1 Å². The lowest BCUT2D eigenvalue weighted by Crippen LogP contribution is -2.09. The van der Waals surface area contributed by atoms with Gasteiger partial charge in [-0.15, -0.1) is 0 Å². The molecule has 0 aliphatic heterocycles. The van der Waals surface area contributed by atoms with Crippen LogP contribution in [0.2, 0.25) is 10.2 Å². The van der Waals surface area contributed by atoms with Crippen LogP contribution in [0.3, 0.4) is 0 Å². The number of benzene rings is 1. The van der Waals surface area contributed by atoms with Crippen LogP contribution in [0, 0.1) is 11.3 Å². The fraction of sp³-hybridized carbons (Fsp3) is 0.167. The Morgan fingerprint density at radius 1 is 1.33 bits per heavy atom. The summed E-state index contributed by atoms with van der Waals surface area (Å²) in [5.41, 5.74) is 0.226. The lowest BCUT2D eigenvalue weighted by molar-refractivity contribution is 0.0516. The van der Waals surface area contributed by atoms with Crippen molar-refractivity contribution in [3.05, 3.63) is 45.8 Å². The molecule has 0 unspecified atom stereocenters. The largest absolute Gasteiger partial charge is 0.505 e. The molecule has 0 saturated heterocycles. The van der Waals surface area contributed by atoms with Gasteiger partial charge in [0.25, 0.3) is 0 Å². The minimum absolute atomic E-state index is 0.00978. The van der Waals surface area contributed by atoms with E-state index in [-0.39, 0.29) is 33.4 Å². The van der Waals surface area contributed by atoms with Gasteiger partial charge in [-0.25, -0.2) is 9.78 Å². The molecule has 2 heterocycles. The van der Waals surface area contributed by atoms with Crippen LogP contribution in [0.25, 0.3) is 16.6 Å². The van der Waals surface area contributed by atoms with Crippen LogP contribution in [0.15, 0.2) is 24.3 Å². The van der Waals surface area contributed by atoms with E-state index < -0.39 is 17.4 Å². The molecule has 2 aromatic heterocycles. The number of methoxy groups -OCH3 is 1. The number of nitrogens with zero attached hydrogens (tertiary/aromatic N) is 3. The van der Waals surface area contributed by atoms with Crippen molar-refractivity contribution < 1.29 is 19.4 Å². The monoisotopic (exact) mass is 405 g/mol. The molecule has 0 aliphatic carbocycles. The first-order chi connectivity index (χ1) is 12.9. The second-order valence-electron chi connectivity index (χ2n) is 5.35. The highest BCUT2D eigenvalue weighted by molar-refractivity contribution is 6.46. The van der Waals surface area contributed by atoms with Gasteiger partial charge in [-0.05, 0) is 31.2 Å². The zero-order valence-electron chi connectivity index (χ0n) is 14.3. The van der Waals surface area contributed by atoms with Gasteiger partial charge in [-0.2, -0.15) is 5.26 Å². The minimum Gasteiger partial charge on any atom is -0.505 e. The number of aromatic hydroxyl groups is 1. The third kappa shape index (κ3) is 3.03. The van der Waals surface area contributed by atoms with Crippen molar-refractivity contribution in [3.63, 3.8) is 0 Å². The van der Waals surface area contributed by atoms with Crippen molar-refractivity contribution in [1.82, 2.24) is 9.55 Å². The summed E-state index contributed by atoms with van der Waals surface area (Å²) < 4.78 is 11.5. The van der Waals surface area contributed by atoms with E-state index in [4.69, 9.17) is 32.7 Å². The Hall–Kier alpha value is -2.95. The van der Waals surface area contributed by atoms with Crippen LogP contribution < -0.4 is 4.74 Å². The molecule has 9 heteroatoms. The minimum atomic E-state index is -0.863. The first kappa shape index (κ1) is 18.8. The molecular formula is C18H13Cl2N3O4. The van der Waals surface area contributed by atoms with Crippen molar-refractivity contribution >= 4 is 40.1 Å². The molecular weight excluding hydrogens is 393 g/mol. The standard InChI is InChI=1S/C18H13Cl2N3O4/c1-3-27-18(25)14-16(24)12-13(19)17(20)23(15(12)11(8-21)22-14)9-4-6-10(26-2)7-5-9/h4-7,24H,3H2,1-2H3. The molecule has 1 aromatic carbocycles. The van der Waals surface area contributed by atoms with E-state index in [0.717, 1.165) is 0 Å². The number of carbonyl (C=O) groups is 1. The lowest BCUT2D eigenvalue weighted by Gasteiger charge is -2.10. The molecule has 0 fully saturated rings.